The first-order chi connectivity index (χ1) is 33.7. The highest BCUT2D eigenvalue weighted by molar-refractivity contribution is 7.05. The molecule has 4 heterocycles. The lowest BCUT2D eigenvalue weighted by atomic mass is 9.81. The topological polar surface area (TPSA) is 6.48 Å². The van der Waals surface area contributed by atoms with Gasteiger partial charge in [0.05, 0.1) is 0 Å². The summed E-state index contributed by atoms with van der Waals surface area (Å²) in [5, 5.41) is 6.57. The predicted octanol–water partition coefficient (Wildman–Crippen LogP) is 14.5. The molecule has 338 valence electrons. The molecule has 0 unspecified atom stereocenters. The third-order valence-electron chi connectivity index (χ3n) is 17.4. The van der Waals surface area contributed by atoms with Crippen LogP contribution in [0.25, 0.3) is 57.7 Å². The summed E-state index contributed by atoms with van der Waals surface area (Å²) in [4.78, 5) is 4.90. The predicted molar refractivity (Wildman–Crippen MR) is 302 cm³/mol. The number of rotatable bonds is 6. The molecule has 0 amide bonds. The summed E-state index contributed by atoms with van der Waals surface area (Å²) in [5.74, 6) is 0. The normalized spacial score (nSPS) is 17.6. The number of nitrogens with zero attached hydrogens (tertiary/aromatic N) is 2. The van der Waals surface area contributed by atoms with Gasteiger partial charge in [-0.25, -0.2) is 0 Å². The van der Waals surface area contributed by atoms with Gasteiger partial charge in [0, 0.05) is 42.3 Å². The minimum absolute atomic E-state index is 0.0997. The van der Waals surface area contributed by atoms with Crippen LogP contribution in [0.2, 0.25) is 24.2 Å². The van der Waals surface area contributed by atoms with E-state index >= 15 is 0 Å². The standard InChI is InChI=1S/C65H60N2Si2/c1-65(2)55-41-47(19-17-45-21-27-49(28-22-45)51-31-35-63-59(43-51)66(3)57-13-5-7-15-61(57)68(63)37-9-10-38-68)25-33-53(55)54-34-26-48(42-56(54)65)20-18-46-23-29-50(30-24-46)52-32-36-64-60(44-52)67(4)58-14-6-8-16-62(58)69(64)39-11-12-40-69/h5-8,13-36,41-44H,9-12,37-40H2,1-4H3/b19-17+,20-18+. The lowest BCUT2D eigenvalue weighted by molar-refractivity contribution is 0.660. The molecule has 8 aromatic carbocycles. The van der Waals surface area contributed by atoms with Crippen molar-refractivity contribution in [1.29, 1.82) is 0 Å². The van der Waals surface area contributed by atoms with E-state index in [0.29, 0.717) is 0 Å². The minimum atomic E-state index is -1.71. The van der Waals surface area contributed by atoms with Crippen LogP contribution >= 0.6 is 0 Å². The first-order valence-electron chi connectivity index (χ1n) is 25.5. The van der Waals surface area contributed by atoms with E-state index in [-0.39, 0.29) is 5.41 Å². The average molecular weight is 925 g/mol. The van der Waals surface area contributed by atoms with Gasteiger partial charge in [-0.2, -0.15) is 0 Å². The van der Waals surface area contributed by atoms with Crippen LogP contribution in [-0.4, -0.2) is 30.2 Å². The Morgan fingerprint density at radius 1 is 0.362 bits per heavy atom. The molecule has 2 nitrogen and oxygen atoms in total. The second-order valence-corrected chi connectivity index (χ2v) is 29.8. The van der Waals surface area contributed by atoms with E-state index in [4.69, 9.17) is 0 Å². The van der Waals surface area contributed by atoms with E-state index in [1.807, 2.05) is 0 Å². The second kappa shape index (κ2) is 16.2. The maximum Gasteiger partial charge on any atom is 0.123 e. The molecular formula is C65H60N2Si2. The molecule has 2 saturated heterocycles. The van der Waals surface area contributed by atoms with Crippen LogP contribution in [0.1, 0.15) is 72.9 Å². The van der Waals surface area contributed by atoms with Crippen molar-refractivity contribution in [3.63, 3.8) is 0 Å². The first-order valence-corrected chi connectivity index (χ1v) is 30.4. The molecule has 1 aliphatic carbocycles. The molecule has 8 aromatic rings. The van der Waals surface area contributed by atoms with E-state index in [1.165, 1.54) is 139 Å². The van der Waals surface area contributed by atoms with E-state index in [9.17, 15) is 0 Å². The Labute approximate surface area is 411 Å². The van der Waals surface area contributed by atoms with Gasteiger partial charge in [-0.05, 0) is 136 Å². The van der Waals surface area contributed by atoms with Crippen LogP contribution in [0.4, 0.5) is 22.7 Å². The van der Waals surface area contributed by atoms with E-state index in [2.05, 4.69) is 232 Å². The highest BCUT2D eigenvalue weighted by atomic mass is 28.3. The smallest absolute Gasteiger partial charge is 0.123 e. The number of hydrogen-bond donors (Lipinski definition) is 0. The largest absolute Gasteiger partial charge is 0.345 e. The van der Waals surface area contributed by atoms with Crippen molar-refractivity contribution >= 4 is 83.9 Å². The molecule has 2 spiro atoms. The van der Waals surface area contributed by atoms with Crippen molar-refractivity contribution in [3.05, 3.63) is 203 Å². The molecule has 0 atom stereocenters. The Bertz CT molecular complexity index is 3170. The SMILES string of the molecule is CN1c2ccccc2[Si]2(CCCC2)c2ccc(-c3ccc(/C=C/c4ccc5c(c4)C(C)(C)c4cc(/C=C/c6ccc(-c7ccc8c(c7)N(C)c7ccccc7[Si]87CCCC7)cc6)ccc4-5)cc3)cc21. The summed E-state index contributed by atoms with van der Waals surface area (Å²) in [6.07, 6.45) is 14.5. The lowest BCUT2D eigenvalue weighted by Crippen LogP contribution is -2.61. The van der Waals surface area contributed by atoms with E-state index < -0.39 is 16.1 Å². The highest BCUT2D eigenvalue weighted by Crippen LogP contribution is 2.50. The molecule has 4 aliphatic heterocycles. The number of hydrogen-bond acceptors (Lipinski definition) is 2. The molecule has 0 aromatic heterocycles. The quantitative estimate of drug-likeness (QED) is 0.121. The van der Waals surface area contributed by atoms with Gasteiger partial charge in [-0.15, -0.1) is 0 Å². The van der Waals surface area contributed by atoms with Crippen molar-refractivity contribution in [2.75, 3.05) is 23.9 Å². The summed E-state index contributed by atoms with van der Waals surface area (Å²) < 4.78 is 0. The fourth-order valence-corrected chi connectivity index (χ4v) is 24.9. The van der Waals surface area contributed by atoms with Gasteiger partial charge < -0.3 is 9.80 Å². The first kappa shape index (κ1) is 42.4. The zero-order valence-electron chi connectivity index (χ0n) is 40.5. The highest BCUT2D eigenvalue weighted by Gasteiger charge is 2.48. The Morgan fingerprint density at radius 3 is 1.13 bits per heavy atom. The van der Waals surface area contributed by atoms with Gasteiger partial charge >= 0.3 is 0 Å². The molecule has 13 rings (SSSR count). The fraction of sp³-hybridized carbons (Fsp3) is 0.200. The Morgan fingerprint density at radius 2 is 0.710 bits per heavy atom. The number of benzene rings is 8. The third kappa shape index (κ3) is 6.70. The molecule has 69 heavy (non-hydrogen) atoms. The van der Waals surface area contributed by atoms with Crippen LogP contribution in [-0.2, 0) is 5.41 Å². The Kier molecular flexibility index (Phi) is 9.94. The Balaban J connectivity index is 0.699. The molecule has 0 bridgehead atoms. The zero-order chi connectivity index (χ0) is 46.5. The minimum Gasteiger partial charge on any atom is -0.345 e. The molecule has 4 heteroatoms. The van der Waals surface area contributed by atoms with E-state index in [0.717, 1.165) is 0 Å². The summed E-state index contributed by atoms with van der Waals surface area (Å²) in [6.45, 7) is 4.77. The molecule has 0 saturated carbocycles. The van der Waals surface area contributed by atoms with Gasteiger partial charge in [0.1, 0.15) is 16.1 Å². The van der Waals surface area contributed by atoms with Gasteiger partial charge in [-0.3, -0.25) is 0 Å². The summed E-state index contributed by atoms with van der Waals surface area (Å²) in [6, 6.07) is 71.0. The van der Waals surface area contributed by atoms with Crippen LogP contribution < -0.4 is 30.5 Å². The van der Waals surface area contributed by atoms with Crippen LogP contribution in [0, 0.1) is 0 Å². The van der Waals surface area contributed by atoms with Crippen molar-refractivity contribution in [2.45, 2.75) is 69.1 Å². The maximum atomic E-state index is 2.49. The summed E-state index contributed by atoms with van der Waals surface area (Å²) in [5.41, 5.74) is 21.1. The van der Waals surface area contributed by atoms with Crippen molar-refractivity contribution < 1.29 is 0 Å². The van der Waals surface area contributed by atoms with Crippen molar-refractivity contribution in [1.82, 2.24) is 0 Å². The second-order valence-electron chi connectivity index (χ2n) is 21.3. The molecule has 5 aliphatic rings. The summed E-state index contributed by atoms with van der Waals surface area (Å²) in [7, 11) is 1.11. The zero-order valence-corrected chi connectivity index (χ0v) is 42.5. The van der Waals surface area contributed by atoms with Gasteiger partial charge in [0.2, 0.25) is 0 Å². The third-order valence-corrected chi connectivity index (χ3v) is 28.0. The molecule has 2 fully saturated rings. The van der Waals surface area contributed by atoms with Crippen LogP contribution in [0.3, 0.4) is 0 Å². The van der Waals surface area contributed by atoms with Crippen molar-refractivity contribution in [3.8, 4) is 33.4 Å². The monoisotopic (exact) mass is 924 g/mol. The number of para-hydroxylation sites is 2. The van der Waals surface area contributed by atoms with E-state index in [1.54, 1.807) is 20.7 Å². The molecule has 0 N–H and O–H groups in total. The molecular weight excluding hydrogens is 865 g/mol. The molecule has 0 radical (unpaired) electrons. The lowest BCUT2D eigenvalue weighted by Gasteiger charge is -2.41. The van der Waals surface area contributed by atoms with Gasteiger partial charge in [0.15, 0.2) is 0 Å². The average Bonchev–Trinajstić information content (AvgIpc) is 4.15. The van der Waals surface area contributed by atoms with Crippen LogP contribution in [0.15, 0.2) is 170 Å². The maximum absolute atomic E-state index is 2.49. The summed E-state index contributed by atoms with van der Waals surface area (Å²) >= 11 is 0. The Hall–Kier alpha value is -6.73. The van der Waals surface area contributed by atoms with Crippen molar-refractivity contribution in [2.24, 2.45) is 0 Å². The van der Waals surface area contributed by atoms with Gasteiger partial charge in [0.25, 0.3) is 0 Å². The van der Waals surface area contributed by atoms with Gasteiger partial charge in [-0.1, -0.05) is 209 Å². The fourth-order valence-electron chi connectivity index (χ4n) is 13.7. The number of anilines is 4. The number of fused-ring (bicyclic) bond motifs is 11. The van der Waals surface area contributed by atoms with Crippen LogP contribution in [0.5, 0.6) is 0 Å².